The summed E-state index contributed by atoms with van der Waals surface area (Å²) in [7, 11) is 0. The molecule has 2 saturated heterocycles. The maximum atomic E-state index is 12.4. The van der Waals surface area contributed by atoms with Gasteiger partial charge in [0, 0.05) is 38.2 Å². The molecule has 0 unspecified atom stereocenters. The molecule has 1 atom stereocenters. The van der Waals surface area contributed by atoms with Crippen LogP contribution in [0, 0.1) is 16.0 Å². The Kier molecular flexibility index (Phi) is 5.45. The number of carbonyl (C=O) groups is 1. The van der Waals surface area contributed by atoms with Crippen LogP contribution in [-0.4, -0.2) is 41.5 Å². The van der Waals surface area contributed by atoms with Gasteiger partial charge < -0.3 is 9.64 Å². The number of hydrogen-bond acceptors (Lipinski definition) is 4. The van der Waals surface area contributed by atoms with Gasteiger partial charge in [0.15, 0.2) is 0 Å². The van der Waals surface area contributed by atoms with E-state index in [0.717, 1.165) is 50.9 Å². The molecule has 6 nitrogen and oxygen atoms in total. The molecule has 1 aromatic rings. The quantitative estimate of drug-likeness (QED) is 0.614. The lowest BCUT2D eigenvalue weighted by atomic mass is 9.89. The number of aryl methyl sites for hydroxylation is 1. The Bertz CT molecular complexity index is 590. The van der Waals surface area contributed by atoms with Crippen molar-refractivity contribution in [2.45, 2.75) is 44.6 Å². The molecule has 0 bridgehead atoms. The van der Waals surface area contributed by atoms with Crippen LogP contribution in [0.2, 0.25) is 0 Å². The number of non-ortho nitro benzene ring substituents is 1. The van der Waals surface area contributed by atoms with Gasteiger partial charge in [0.2, 0.25) is 5.91 Å². The second kappa shape index (κ2) is 7.75. The lowest BCUT2D eigenvalue weighted by molar-refractivity contribution is -0.384. The molecule has 0 N–H and O–H groups in total. The van der Waals surface area contributed by atoms with Crippen LogP contribution in [0.25, 0.3) is 0 Å². The Hall–Kier alpha value is -1.95. The number of carbonyl (C=O) groups excluding carboxylic acids is 1. The minimum absolute atomic E-state index is 0.0809. The fraction of sp³-hybridized carbons (Fsp3) is 0.611. The van der Waals surface area contributed by atoms with Crippen LogP contribution in [0.3, 0.4) is 0 Å². The van der Waals surface area contributed by atoms with Gasteiger partial charge in [-0.2, -0.15) is 0 Å². The summed E-state index contributed by atoms with van der Waals surface area (Å²) in [5.41, 5.74) is 0.920. The minimum atomic E-state index is -0.402. The fourth-order valence-electron chi connectivity index (χ4n) is 3.73. The first-order valence-corrected chi connectivity index (χ1v) is 8.76. The summed E-state index contributed by atoms with van der Waals surface area (Å²) < 4.78 is 5.77. The van der Waals surface area contributed by atoms with Crippen molar-refractivity contribution in [2.75, 3.05) is 19.7 Å². The predicted octanol–water partition coefficient (Wildman–Crippen LogP) is 2.95. The van der Waals surface area contributed by atoms with Crippen molar-refractivity contribution in [1.29, 1.82) is 0 Å². The smallest absolute Gasteiger partial charge is 0.269 e. The highest BCUT2D eigenvalue weighted by Gasteiger charge is 2.30. The maximum Gasteiger partial charge on any atom is 0.269 e. The number of ether oxygens (including phenoxy) is 1. The second-order valence-corrected chi connectivity index (χ2v) is 6.70. The zero-order chi connectivity index (χ0) is 16.9. The van der Waals surface area contributed by atoms with E-state index in [2.05, 4.69) is 0 Å². The monoisotopic (exact) mass is 332 g/mol. The Morgan fingerprint density at radius 3 is 2.75 bits per heavy atom. The molecule has 3 rings (SSSR count). The van der Waals surface area contributed by atoms with Crippen molar-refractivity contribution in [3.05, 3.63) is 39.9 Å². The van der Waals surface area contributed by atoms with E-state index < -0.39 is 4.92 Å². The van der Waals surface area contributed by atoms with Gasteiger partial charge in [-0.15, -0.1) is 0 Å². The summed E-state index contributed by atoms with van der Waals surface area (Å²) in [5, 5.41) is 10.8. The van der Waals surface area contributed by atoms with E-state index >= 15 is 0 Å². The average molecular weight is 332 g/mol. The number of hydrogen-bond donors (Lipinski definition) is 0. The third kappa shape index (κ3) is 4.12. The Labute approximate surface area is 141 Å². The standard InChI is InChI=1S/C18H24N2O4/c21-18(7-6-14-3-1-4-16(13-14)20(22)23)19-10-8-15(9-11-19)17-5-2-12-24-17/h1,3-4,13,15,17H,2,5-12H2/t17-/m1/s1. The van der Waals surface area contributed by atoms with Crippen LogP contribution in [-0.2, 0) is 16.0 Å². The Morgan fingerprint density at radius 2 is 2.08 bits per heavy atom. The predicted molar refractivity (Wildman–Crippen MR) is 89.7 cm³/mol. The highest BCUT2D eigenvalue weighted by atomic mass is 16.6. The number of nitro benzene ring substituents is 1. The Morgan fingerprint density at radius 1 is 1.29 bits per heavy atom. The number of benzene rings is 1. The third-order valence-electron chi connectivity index (χ3n) is 5.13. The highest BCUT2D eigenvalue weighted by Crippen LogP contribution is 2.29. The molecular weight excluding hydrogens is 308 g/mol. The number of nitro groups is 1. The summed E-state index contributed by atoms with van der Waals surface area (Å²) in [4.78, 5) is 24.7. The normalized spacial score (nSPS) is 21.8. The maximum absolute atomic E-state index is 12.4. The lowest BCUT2D eigenvalue weighted by Gasteiger charge is -2.34. The number of likely N-dealkylation sites (tertiary alicyclic amines) is 1. The van der Waals surface area contributed by atoms with Crippen molar-refractivity contribution in [3.63, 3.8) is 0 Å². The average Bonchev–Trinajstić information content (AvgIpc) is 3.14. The lowest BCUT2D eigenvalue weighted by Crippen LogP contribution is -2.41. The Balaban J connectivity index is 1.46. The third-order valence-corrected chi connectivity index (χ3v) is 5.13. The van der Waals surface area contributed by atoms with Crippen LogP contribution in [0.4, 0.5) is 5.69 Å². The molecule has 2 heterocycles. The highest BCUT2D eigenvalue weighted by molar-refractivity contribution is 5.76. The van der Waals surface area contributed by atoms with Crippen molar-refractivity contribution in [1.82, 2.24) is 4.90 Å². The van der Waals surface area contributed by atoms with E-state index in [1.807, 2.05) is 11.0 Å². The fourth-order valence-corrected chi connectivity index (χ4v) is 3.73. The molecule has 1 amide bonds. The molecule has 0 aromatic heterocycles. The van der Waals surface area contributed by atoms with Crippen LogP contribution >= 0.6 is 0 Å². The van der Waals surface area contributed by atoms with Gasteiger partial charge in [0.05, 0.1) is 11.0 Å². The SMILES string of the molecule is O=C(CCc1cccc([N+](=O)[O-])c1)N1CCC([C@H]2CCCO2)CC1. The van der Waals surface area contributed by atoms with Crippen LogP contribution in [0.15, 0.2) is 24.3 Å². The second-order valence-electron chi connectivity index (χ2n) is 6.70. The zero-order valence-corrected chi connectivity index (χ0v) is 13.9. The summed E-state index contributed by atoms with van der Waals surface area (Å²) in [6.45, 7) is 2.49. The van der Waals surface area contributed by atoms with Crippen molar-refractivity contribution >= 4 is 11.6 Å². The van der Waals surface area contributed by atoms with E-state index in [1.54, 1.807) is 12.1 Å². The molecule has 6 heteroatoms. The molecular formula is C18H24N2O4. The summed E-state index contributed by atoms with van der Waals surface area (Å²) >= 11 is 0. The van der Waals surface area contributed by atoms with E-state index in [-0.39, 0.29) is 11.6 Å². The van der Waals surface area contributed by atoms with Gasteiger partial charge in [-0.05, 0) is 43.6 Å². The molecule has 24 heavy (non-hydrogen) atoms. The molecule has 2 aliphatic rings. The van der Waals surface area contributed by atoms with Crippen LogP contribution in [0.1, 0.15) is 37.7 Å². The van der Waals surface area contributed by atoms with Crippen molar-refractivity contribution in [3.8, 4) is 0 Å². The van der Waals surface area contributed by atoms with Gasteiger partial charge in [-0.3, -0.25) is 14.9 Å². The number of amides is 1. The molecule has 2 fully saturated rings. The first-order chi connectivity index (χ1) is 11.6. The first-order valence-electron chi connectivity index (χ1n) is 8.76. The van der Waals surface area contributed by atoms with Gasteiger partial charge in [-0.1, -0.05) is 12.1 Å². The van der Waals surface area contributed by atoms with Gasteiger partial charge >= 0.3 is 0 Å². The molecule has 0 spiro atoms. The summed E-state index contributed by atoms with van der Waals surface area (Å²) in [5.74, 6) is 0.737. The summed E-state index contributed by atoms with van der Waals surface area (Å²) in [6, 6.07) is 6.53. The largest absolute Gasteiger partial charge is 0.378 e. The molecule has 0 saturated carbocycles. The molecule has 1 aromatic carbocycles. The van der Waals surface area contributed by atoms with E-state index in [4.69, 9.17) is 4.74 Å². The number of nitrogens with zero attached hydrogens (tertiary/aromatic N) is 2. The van der Waals surface area contributed by atoms with Gasteiger partial charge in [-0.25, -0.2) is 0 Å². The number of rotatable bonds is 5. The van der Waals surface area contributed by atoms with Gasteiger partial charge in [0.25, 0.3) is 5.69 Å². The minimum Gasteiger partial charge on any atom is -0.378 e. The van der Waals surface area contributed by atoms with Gasteiger partial charge in [0.1, 0.15) is 0 Å². The van der Waals surface area contributed by atoms with E-state index in [9.17, 15) is 14.9 Å². The molecule has 0 aliphatic carbocycles. The topological polar surface area (TPSA) is 72.7 Å². The van der Waals surface area contributed by atoms with E-state index in [1.165, 1.54) is 6.07 Å². The van der Waals surface area contributed by atoms with Crippen LogP contribution in [0.5, 0.6) is 0 Å². The molecule has 130 valence electrons. The van der Waals surface area contributed by atoms with Crippen LogP contribution < -0.4 is 0 Å². The van der Waals surface area contributed by atoms with Crippen molar-refractivity contribution < 1.29 is 14.5 Å². The number of piperidine rings is 1. The molecule has 0 radical (unpaired) electrons. The van der Waals surface area contributed by atoms with E-state index in [0.29, 0.717) is 24.9 Å². The van der Waals surface area contributed by atoms with Crippen molar-refractivity contribution in [2.24, 2.45) is 5.92 Å². The first kappa shape index (κ1) is 16.9. The summed E-state index contributed by atoms with van der Waals surface area (Å²) in [6.07, 6.45) is 5.71. The molecule has 2 aliphatic heterocycles. The zero-order valence-electron chi connectivity index (χ0n) is 13.9.